The van der Waals surface area contributed by atoms with Crippen LogP contribution in [0.3, 0.4) is 0 Å². The molecule has 0 spiro atoms. The first-order chi connectivity index (χ1) is 8.15. The molecule has 0 aromatic heterocycles. The molecule has 0 aliphatic carbocycles. The van der Waals surface area contributed by atoms with Gasteiger partial charge in [0.2, 0.25) is 0 Å². The van der Waals surface area contributed by atoms with Gasteiger partial charge in [-0.3, -0.25) is 4.79 Å². The lowest BCUT2D eigenvalue weighted by Crippen LogP contribution is -2.78. The Kier molecular flexibility index (Phi) is 4.17. The Labute approximate surface area is 106 Å². The minimum atomic E-state index is -4.46. The van der Waals surface area contributed by atoms with Crippen LogP contribution < -0.4 is 5.32 Å². The van der Waals surface area contributed by atoms with Gasteiger partial charge in [0.05, 0.1) is 0 Å². The fourth-order valence-corrected chi connectivity index (χ4v) is 5.42. The molecular weight excluding hydrogens is 263 g/mol. The summed E-state index contributed by atoms with van der Waals surface area (Å²) >= 11 is 0. The molecule has 1 amide bonds. The van der Waals surface area contributed by atoms with Crippen LogP contribution in [0.1, 0.15) is 27.7 Å². The monoisotopic (exact) mass is 283 g/mol. The number of β-lactam (4-membered cyclic amide) rings is 1. The molecule has 18 heavy (non-hydrogen) atoms. The summed E-state index contributed by atoms with van der Waals surface area (Å²) in [7, 11) is -2.25. The molecule has 1 rings (SSSR count). The average molecular weight is 283 g/mol. The summed E-state index contributed by atoms with van der Waals surface area (Å²) in [5.74, 6) is -0.656. The molecule has 1 heterocycles. The first-order valence-electron chi connectivity index (χ1n) is 6.23. The molecule has 2 unspecified atom stereocenters. The molecule has 1 fully saturated rings. The van der Waals surface area contributed by atoms with Crippen molar-refractivity contribution in [2.45, 2.75) is 63.6 Å². The molecule has 0 aromatic carbocycles. The van der Waals surface area contributed by atoms with E-state index in [1.165, 1.54) is 6.92 Å². The molecule has 3 nitrogen and oxygen atoms in total. The van der Waals surface area contributed by atoms with Gasteiger partial charge in [-0.2, -0.15) is 13.2 Å². The lowest BCUT2D eigenvalue weighted by Gasteiger charge is -2.50. The summed E-state index contributed by atoms with van der Waals surface area (Å²) in [4.78, 5) is 11.5. The van der Waals surface area contributed by atoms with Crippen LogP contribution in [0.4, 0.5) is 13.2 Å². The van der Waals surface area contributed by atoms with Crippen LogP contribution >= 0.6 is 0 Å². The minimum absolute atomic E-state index is 0.656. The van der Waals surface area contributed by atoms with Crippen LogP contribution in [-0.2, 0) is 9.22 Å². The molecule has 0 saturated carbocycles. The second-order valence-corrected chi connectivity index (χ2v) is 9.59. The Morgan fingerprint density at radius 3 is 2.00 bits per heavy atom. The third-order valence-corrected chi connectivity index (χ3v) is 8.69. The molecule has 106 valence electrons. The van der Waals surface area contributed by atoms with Crippen molar-refractivity contribution in [3.63, 3.8) is 0 Å². The van der Waals surface area contributed by atoms with Gasteiger partial charge in [0, 0.05) is 0 Å². The molecular formula is C11H20F3NO2Si. The van der Waals surface area contributed by atoms with E-state index in [1.807, 2.05) is 26.1 Å². The molecule has 0 radical (unpaired) electrons. The third kappa shape index (κ3) is 2.42. The summed E-state index contributed by atoms with van der Waals surface area (Å²) in [6.07, 6.45) is -4.46. The van der Waals surface area contributed by atoms with Gasteiger partial charge in [-0.1, -0.05) is 20.8 Å². The average Bonchev–Trinajstić information content (AvgIpc) is 2.31. The van der Waals surface area contributed by atoms with Crippen molar-refractivity contribution in [1.29, 1.82) is 0 Å². The topological polar surface area (TPSA) is 38.3 Å². The first-order valence-corrected chi connectivity index (χ1v) is 8.76. The maximum Gasteiger partial charge on any atom is 0.411 e. The van der Waals surface area contributed by atoms with E-state index < -0.39 is 32.0 Å². The maximum atomic E-state index is 12.8. The van der Waals surface area contributed by atoms with Crippen LogP contribution in [0.15, 0.2) is 0 Å². The van der Waals surface area contributed by atoms with Crippen LogP contribution in [0.5, 0.6) is 0 Å². The first kappa shape index (κ1) is 15.5. The van der Waals surface area contributed by atoms with Crippen molar-refractivity contribution >= 4 is 14.2 Å². The van der Waals surface area contributed by atoms with E-state index >= 15 is 0 Å². The van der Waals surface area contributed by atoms with Gasteiger partial charge in [-0.25, -0.2) is 0 Å². The molecule has 7 heteroatoms. The van der Waals surface area contributed by atoms with Crippen molar-refractivity contribution in [1.82, 2.24) is 5.32 Å². The van der Waals surface area contributed by atoms with Crippen molar-refractivity contribution < 1.29 is 22.4 Å². The van der Waals surface area contributed by atoms with E-state index in [0.29, 0.717) is 18.1 Å². The Balaban J connectivity index is 2.95. The van der Waals surface area contributed by atoms with Crippen LogP contribution in [0, 0.1) is 0 Å². The second kappa shape index (κ2) is 4.84. The number of amides is 1. The zero-order valence-electron chi connectivity index (χ0n) is 11.1. The zero-order valence-corrected chi connectivity index (χ0v) is 12.1. The summed E-state index contributed by atoms with van der Waals surface area (Å²) in [5.41, 5.74) is -1.74. The highest BCUT2D eigenvalue weighted by molar-refractivity contribution is 6.73. The van der Waals surface area contributed by atoms with E-state index in [9.17, 15) is 18.0 Å². The predicted octanol–water partition coefficient (Wildman–Crippen LogP) is 2.83. The number of hydrogen-bond acceptors (Lipinski definition) is 2. The lowest BCUT2D eigenvalue weighted by atomic mass is 9.87. The Hall–Kier alpha value is -0.563. The summed E-state index contributed by atoms with van der Waals surface area (Å²) in [6, 6.07) is 0.267. The van der Waals surface area contributed by atoms with Gasteiger partial charge in [-0.05, 0) is 25.1 Å². The molecule has 0 bridgehead atoms. The van der Waals surface area contributed by atoms with Crippen molar-refractivity contribution in [3.05, 3.63) is 0 Å². The highest BCUT2D eigenvalue weighted by Gasteiger charge is 2.65. The lowest BCUT2D eigenvalue weighted by molar-refractivity contribution is -0.223. The van der Waals surface area contributed by atoms with Crippen LogP contribution in [0.25, 0.3) is 0 Å². The summed E-state index contributed by atoms with van der Waals surface area (Å²) in [5, 5.41) is 1.90. The molecule has 1 aliphatic rings. The van der Waals surface area contributed by atoms with Crippen molar-refractivity contribution in [2.75, 3.05) is 0 Å². The molecule has 2 atom stereocenters. The van der Waals surface area contributed by atoms with E-state index in [1.54, 1.807) is 0 Å². The highest BCUT2D eigenvalue weighted by atomic mass is 28.4. The Bertz CT molecular complexity index is 322. The van der Waals surface area contributed by atoms with Gasteiger partial charge in [0.15, 0.2) is 20.0 Å². The fourth-order valence-electron chi connectivity index (χ4n) is 2.38. The van der Waals surface area contributed by atoms with Gasteiger partial charge >= 0.3 is 6.18 Å². The predicted molar refractivity (Wildman–Crippen MR) is 64.7 cm³/mol. The number of nitrogens with one attached hydrogen (secondary N) is 1. The number of carbonyl (C=O) groups is 1. The van der Waals surface area contributed by atoms with Crippen molar-refractivity contribution in [3.8, 4) is 0 Å². The Morgan fingerprint density at radius 1 is 1.28 bits per heavy atom. The van der Waals surface area contributed by atoms with Gasteiger partial charge in [0.1, 0.15) is 0 Å². The number of hydrogen-bond donors (Lipinski definition) is 1. The summed E-state index contributed by atoms with van der Waals surface area (Å²) in [6.45, 7) is 7.01. The SMILES string of the molecule is CC[Si](CC)(CC)OC1(C)C(=O)NC1C(F)(F)F. The van der Waals surface area contributed by atoms with Gasteiger partial charge in [-0.15, -0.1) is 0 Å². The second-order valence-electron chi connectivity index (χ2n) is 4.90. The smallest absolute Gasteiger partial charge is 0.401 e. The standard InChI is InChI=1S/C11H20F3NO2Si/c1-5-18(6-2,7-3)17-10(4)8(11(12,13)14)15-9(10)16/h8H,5-7H2,1-4H3,(H,15,16). The molecule has 0 aromatic rings. The fraction of sp³-hybridized carbons (Fsp3) is 0.909. The van der Waals surface area contributed by atoms with E-state index in [2.05, 4.69) is 0 Å². The van der Waals surface area contributed by atoms with Gasteiger partial charge in [0.25, 0.3) is 5.91 Å². The maximum absolute atomic E-state index is 12.8. The van der Waals surface area contributed by atoms with Crippen LogP contribution in [-0.4, -0.2) is 32.0 Å². The van der Waals surface area contributed by atoms with E-state index in [0.717, 1.165) is 0 Å². The molecule has 1 saturated heterocycles. The third-order valence-electron chi connectivity index (χ3n) is 3.97. The van der Waals surface area contributed by atoms with E-state index in [4.69, 9.17) is 4.43 Å². The van der Waals surface area contributed by atoms with Gasteiger partial charge < -0.3 is 9.74 Å². The largest absolute Gasteiger partial charge is 0.411 e. The molecule has 1 aliphatic heterocycles. The Morgan fingerprint density at radius 2 is 1.72 bits per heavy atom. The van der Waals surface area contributed by atoms with E-state index in [-0.39, 0.29) is 0 Å². The number of carbonyl (C=O) groups excluding carboxylic acids is 1. The normalized spacial score (nSPS) is 28.8. The summed E-state index contributed by atoms with van der Waals surface area (Å²) < 4.78 is 44.1. The minimum Gasteiger partial charge on any atom is -0.401 e. The highest BCUT2D eigenvalue weighted by Crippen LogP contribution is 2.40. The quantitative estimate of drug-likeness (QED) is 0.622. The number of alkyl halides is 3. The molecule has 1 N–H and O–H groups in total. The zero-order chi connectivity index (χ0) is 14.2. The van der Waals surface area contributed by atoms with Crippen LogP contribution in [0.2, 0.25) is 18.1 Å². The number of halogens is 3. The van der Waals surface area contributed by atoms with Crippen molar-refractivity contribution in [2.24, 2.45) is 0 Å². The number of rotatable bonds is 5.